The minimum Gasteiger partial charge on any atom is -0.459 e. The van der Waals surface area contributed by atoms with Gasteiger partial charge in [0.05, 0.1) is 19.4 Å². The van der Waals surface area contributed by atoms with Crippen molar-refractivity contribution in [3.63, 3.8) is 0 Å². The van der Waals surface area contributed by atoms with E-state index in [1.165, 1.54) is 6.26 Å². The number of hydrogen-bond acceptors (Lipinski definition) is 4. The predicted molar refractivity (Wildman–Crippen MR) is 99.1 cm³/mol. The molecule has 0 saturated carbocycles. The molecule has 27 heavy (non-hydrogen) atoms. The van der Waals surface area contributed by atoms with Crippen molar-refractivity contribution in [2.24, 2.45) is 5.92 Å². The number of rotatable bonds is 3. The van der Waals surface area contributed by atoms with Gasteiger partial charge in [-0.25, -0.2) is 0 Å². The highest BCUT2D eigenvalue weighted by atomic mass is 16.5. The Morgan fingerprint density at radius 1 is 0.926 bits per heavy atom. The number of ether oxygens (including phenoxy) is 1. The SMILES string of the molecule is O=C(c1ccco1)N1CCC(C(=O)N2CCO[C@@H](c3ccccc3)C2)CC1. The zero-order valence-electron chi connectivity index (χ0n) is 15.3. The topological polar surface area (TPSA) is 63.0 Å². The largest absolute Gasteiger partial charge is 0.459 e. The van der Waals surface area contributed by atoms with E-state index in [0.29, 0.717) is 51.4 Å². The summed E-state index contributed by atoms with van der Waals surface area (Å²) >= 11 is 0. The average molecular weight is 368 g/mol. The van der Waals surface area contributed by atoms with Gasteiger partial charge in [0.15, 0.2) is 5.76 Å². The van der Waals surface area contributed by atoms with Crippen molar-refractivity contribution < 1.29 is 18.7 Å². The Balaban J connectivity index is 1.33. The number of likely N-dealkylation sites (tertiary alicyclic amines) is 1. The van der Waals surface area contributed by atoms with Crippen molar-refractivity contribution in [2.75, 3.05) is 32.8 Å². The second-order valence-corrected chi connectivity index (χ2v) is 7.10. The molecule has 0 N–H and O–H groups in total. The average Bonchev–Trinajstić information content (AvgIpc) is 3.28. The van der Waals surface area contributed by atoms with E-state index in [1.807, 2.05) is 35.2 Å². The van der Waals surface area contributed by atoms with E-state index in [0.717, 1.165) is 5.56 Å². The number of nitrogens with zero attached hydrogens (tertiary/aromatic N) is 2. The Kier molecular flexibility index (Phi) is 5.25. The lowest BCUT2D eigenvalue weighted by Gasteiger charge is -2.37. The van der Waals surface area contributed by atoms with Crippen LogP contribution in [0.5, 0.6) is 0 Å². The molecule has 142 valence electrons. The molecule has 2 aromatic rings. The smallest absolute Gasteiger partial charge is 0.289 e. The van der Waals surface area contributed by atoms with Gasteiger partial charge in [0.25, 0.3) is 5.91 Å². The molecule has 2 aliphatic heterocycles. The first-order valence-corrected chi connectivity index (χ1v) is 9.50. The van der Waals surface area contributed by atoms with E-state index in [-0.39, 0.29) is 23.8 Å². The van der Waals surface area contributed by atoms with Crippen LogP contribution in [0.25, 0.3) is 0 Å². The third kappa shape index (κ3) is 3.90. The summed E-state index contributed by atoms with van der Waals surface area (Å²) in [5, 5.41) is 0. The van der Waals surface area contributed by atoms with Gasteiger partial charge < -0.3 is 19.0 Å². The van der Waals surface area contributed by atoms with Gasteiger partial charge in [-0.05, 0) is 30.5 Å². The summed E-state index contributed by atoms with van der Waals surface area (Å²) in [4.78, 5) is 29.0. The summed E-state index contributed by atoms with van der Waals surface area (Å²) in [5.74, 6) is 0.421. The van der Waals surface area contributed by atoms with Gasteiger partial charge in [-0.3, -0.25) is 9.59 Å². The van der Waals surface area contributed by atoms with Gasteiger partial charge in [0.2, 0.25) is 5.91 Å². The Hall–Kier alpha value is -2.60. The lowest BCUT2D eigenvalue weighted by atomic mass is 9.94. The summed E-state index contributed by atoms with van der Waals surface area (Å²) < 4.78 is 11.1. The van der Waals surface area contributed by atoms with Crippen molar-refractivity contribution in [3.05, 3.63) is 60.1 Å². The van der Waals surface area contributed by atoms with Crippen molar-refractivity contribution in [1.82, 2.24) is 9.80 Å². The molecular weight excluding hydrogens is 344 g/mol. The fourth-order valence-corrected chi connectivity index (χ4v) is 3.86. The second-order valence-electron chi connectivity index (χ2n) is 7.10. The molecule has 0 radical (unpaired) electrons. The van der Waals surface area contributed by atoms with Crippen molar-refractivity contribution >= 4 is 11.8 Å². The summed E-state index contributed by atoms with van der Waals surface area (Å²) in [6.45, 7) is 2.95. The maximum absolute atomic E-state index is 13.0. The summed E-state index contributed by atoms with van der Waals surface area (Å²) in [6.07, 6.45) is 2.83. The molecule has 1 atom stereocenters. The molecule has 0 bridgehead atoms. The van der Waals surface area contributed by atoms with Crippen LogP contribution < -0.4 is 0 Å². The normalized spacial score (nSPS) is 21.3. The third-order valence-electron chi connectivity index (χ3n) is 5.41. The predicted octanol–water partition coefficient (Wildman–Crippen LogP) is 2.73. The van der Waals surface area contributed by atoms with Crippen molar-refractivity contribution in [3.8, 4) is 0 Å². The van der Waals surface area contributed by atoms with E-state index in [1.54, 1.807) is 17.0 Å². The first kappa shape index (κ1) is 17.8. The Bertz CT molecular complexity index is 767. The molecule has 6 heteroatoms. The standard InChI is InChI=1S/C21H24N2O4/c24-20(23-12-14-27-19(15-23)16-5-2-1-3-6-16)17-8-10-22(11-9-17)21(25)18-7-4-13-26-18/h1-7,13,17,19H,8-12,14-15H2/t19-/m1/s1. The molecule has 0 spiro atoms. The van der Waals surface area contributed by atoms with Crippen molar-refractivity contribution in [2.45, 2.75) is 18.9 Å². The van der Waals surface area contributed by atoms with Gasteiger partial charge >= 0.3 is 0 Å². The molecule has 0 unspecified atom stereocenters. The number of hydrogen-bond donors (Lipinski definition) is 0. The third-order valence-corrected chi connectivity index (χ3v) is 5.41. The van der Waals surface area contributed by atoms with Gasteiger partial charge in [0, 0.05) is 25.6 Å². The number of morpholine rings is 1. The number of benzene rings is 1. The highest BCUT2D eigenvalue weighted by Gasteiger charge is 2.33. The van der Waals surface area contributed by atoms with Crippen LogP contribution >= 0.6 is 0 Å². The number of carbonyl (C=O) groups is 2. The zero-order chi connectivity index (χ0) is 18.6. The molecule has 2 aliphatic rings. The monoisotopic (exact) mass is 368 g/mol. The highest BCUT2D eigenvalue weighted by Crippen LogP contribution is 2.26. The summed E-state index contributed by atoms with van der Waals surface area (Å²) in [7, 11) is 0. The molecule has 1 aromatic heterocycles. The van der Waals surface area contributed by atoms with Crippen molar-refractivity contribution in [1.29, 1.82) is 0 Å². The van der Waals surface area contributed by atoms with Crippen LogP contribution in [0.3, 0.4) is 0 Å². The molecular formula is C21H24N2O4. The number of amides is 2. The van der Waals surface area contributed by atoms with E-state index in [2.05, 4.69) is 0 Å². The van der Waals surface area contributed by atoms with Gasteiger partial charge in [-0.15, -0.1) is 0 Å². The molecule has 2 fully saturated rings. The second kappa shape index (κ2) is 7.96. The fourth-order valence-electron chi connectivity index (χ4n) is 3.86. The van der Waals surface area contributed by atoms with E-state index >= 15 is 0 Å². The number of carbonyl (C=O) groups excluding carboxylic acids is 2. The number of furan rings is 1. The van der Waals surface area contributed by atoms with E-state index < -0.39 is 0 Å². The molecule has 6 nitrogen and oxygen atoms in total. The minimum atomic E-state index is -0.0959. The molecule has 0 aliphatic carbocycles. The van der Waals surface area contributed by atoms with Crippen LogP contribution in [0.4, 0.5) is 0 Å². The Morgan fingerprint density at radius 3 is 2.41 bits per heavy atom. The molecule has 1 aromatic carbocycles. The van der Waals surface area contributed by atoms with Crippen LogP contribution in [0.2, 0.25) is 0 Å². The molecule has 3 heterocycles. The number of piperidine rings is 1. The summed E-state index contributed by atoms with van der Waals surface area (Å²) in [5.41, 5.74) is 1.11. The van der Waals surface area contributed by atoms with Crippen LogP contribution in [-0.4, -0.2) is 54.4 Å². The first-order chi connectivity index (χ1) is 13.2. The molecule has 2 amide bonds. The van der Waals surface area contributed by atoms with Crippen LogP contribution in [0.1, 0.15) is 35.1 Å². The molecule has 4 rings (SSSR count). The van der Waals surface area contributed by atoms with E-state index in [4.69, 9.17) is 9.15 Å². The van der Waals surface area contributed by atoms with Gasteiger partial charge in [0.1, 0.15) is 6.10 Å². The maximum Gasteiger partial charge on any atom is 0.289 e. The fraction of sp³-hybridized carbons (Fsp3) is 0.429. The molecule has 2 saturated heterocycles. The lowest BCUT2D eigenvalue weighted by Crippen LogP contribution is -2.48. The first-order valence-electron chi connectivity index (χ1n) is 9.50. The summed E-state index contributed by atoms with van der Waals surface area (Å²) in [6, 6.07) is 13.4. The van der Waals surface area contributed by atoms with Gasteiger partial charge in [-0.1, -0.05) is 30.3 Å². The zero-order valence-corrected chi connectivity index (χ0v) is 15.3. The minimum absolute atomic E-state index is 0.0276. The highest BCUT2D eigenvalue weighted by molar-refractivity contribution is 5.91. The maximum atomic E-state index is 13.0. The van der Waals surface area contributed by atoms with Gasteiger partial charge in [-0.2, -0.15) is 0 Å². The van der Waals surface area contributed by atoms with Crippen LogP contribution in [0, 0.1) is 5.92 Å². The lowest BCUT2D eigenvalue weighted by molar-refractivity contribution is -0.144. The quantitative estimate of drug-likeness (QED) is 0.836. The Morgan fingerprint density at radius 2 is 1.70 bits per heavy atom. The van der Waals surface area contributed by atoms with E-state index in [9.17, 15) is 9.59 Å². The van der Waals surface area contributed by atoms with Crippen LogP contribution in [0.15, 0.2) is 53.1 Å². The Labute approximate surface area is 158 Å². The van der Waals surface area contributed by atoms with Crippen LogP contribution in [-0.2, 0) is 9.53 Å².